The summed E-state index contributed by atoms with van der Waals surface area (Å²) in [4.78, 5) is 25.4. The van der Waals surface area contributed by atoms with Crippen LogP contribution in [0.15, 0.2) is 48.5 Å². The van der Waals surface area contributed by atoms with E-state index < -0.39 is 22.0 Å². The molecule has 0 saturated heterocycles. The van der Waals surface area contributed by atoms with Crippen molar-refractivity contribution in [3.63, 3.8) is 0 Å². The number of hydrogen-bond donors (Lipinski definition) is 2. The smallest absolute Gasteiger partial charge is 0.253 e. The number of nitrogens with one attached hydrogen (secondary N) is 2. The number of halogens is 1. The Hall–Kier alpha value is -2.62. The molecular formula is C21H26ClN3O5S. The van der Waals surface area contributed by atoms with Crippen molar-refractivity contribution in [3.8, 4) is 0 Å². The summed E-state index contributed by atoms with van der Waals surface area (Å²) in [6.45, 7) is 2.41. The summed E-state index contributed by atoms with van der Waals surface area (Å²) >= 11 is 5.89. The van der Waals surface area contributed by atoms with Gasteiger partial charge in [-0.3, -0.25) is 13.9 Å². The maximum atomic E-state index is 12.9. The minimum Gasteiger partial charge on any atom is -0.385 e. The molecule has 1 atom stereocenters. The van der Waals surface area contributed by atoms with E-state index >= 15 is 0 Å². The molecule has 0 bridgehead atoms. The third-order valence-corrected chi connectivity index (χ3v) is 5.90. The molecule has 0 heterocycles. The number of sulfonamides is 1. The van der Waals surface area contributed by atoms with Crippen LogP contribution in [-0.2, 0) is 19.6 Å². The van der Waals surface area contributed by atoms with Crippen LogP contribution in [0.2, 0.25) is 5.02 Å². The molecule has 2 aromatic rings. The number of hydrogen-bond acceptors (Lipinski definition) is 5. The van der Waals surface area contributed by atoms with Gasteiger partial charge in [0, 0.05) is 25.3 Å². The molecular weight excluding hydrogens is 442 g/mol. The number of methoxy groups -OCH3 is 1. The molecule has 0 aliphatic rings. The Morgan fingerprint density at radius 1 is 1.13 bits per heavy atom. The summed E-state index contributed by atoms with van der Waals surface area (Å²) in [6.07, 6.45) is 1.67. The first-order valence-corrected chi connectivity index (χ1v) is 11.8. The summed E-state index contributed by atoms with van der Waals surface area (Å²) in [6, 6.07) is 11.6. The van der Waals surface area contributed by atoms with Crippen LogP contribution in [0.3, 0.4) is 0 Å². The summed E-state index contributed by atoms with van der Waals surface area (Å²) < 4.78 is 30.8. The Kier molecular flexibility index (Phi) is 8.85. The monoisotopic (exact) mass is 467 g/mol. The normalized spacial score (nSPS) is 12.1. The first-order valence-electron chi connectivity index (χ1n) is 9.57. The van der Waals surface area contributed by atoms with E-state index in [1.54, 1.807) is 43.5 Å². The van der Waals surface area contributed by atoms with E-state index in [-0.39, 0.29) is 17.2 Å². The minimum atomic E-state index is -3.77. The number of anilines is 2. The Morgan fingerprint density at radius 3 is 2.39 bits per heavy atom. The molecule has 8 nitrogen and oxygen atoms in total. The molecule has 0 fully saturated rings. The highest BCUT2D eigenvalue weighted by Crippen LogP contribution is 2.24. The molecule has 2 rings (SSSR count). The van der Waals surface area contributed by atoms with Gasteiger partial charge in [-0.25, -0.2) is 8.42 Å². The molecule has 0 unspecified atom stereocenters. The van der Waals surface area contributed by atoms with Crippen LogP contribution in [0.4, 0.5) is 11.4 Å². The number of nitrogens with zero attached hydrogens (tertiary/aromatic N) is 1. The molecule has 0 aromatic heterocycles. The lowest BCUT2D eigenvalue weighted by Gasteiger charge is -2.28. The number of rotatable bonds is 10. The van der Waals surface area contributed by atoms with Crippen molar-refractivity contribution < 1.29 is 22.7 Å². The number of para-hydroxylation sites is 1. The van der Waals surface area contributed by atoms with Gasteiger partial charge in [0.2, 0.25) is 15.9 Å². The van der Waals surface area contributed by atoms with E-state index in [1.807, 2.05) is 0 Å². The van der Waals surface area contributed by atoms with Crippen LogP contribution in [0.25, 0.3) is 0 Å². The van der Waals surface area contributed by atoms with Crippen molar-refractivity contribution in [1.29, 1.82) is 0 Å². The van der Waals surface area contributed by atoms with Crippen molar-refractivity contribution in [2.45, 2.75) is 19.4 Å². The van der Waals surface area contributed by atoms with Gasteiger partial charge >= 0.3 is 0 Å². The molecule has 0 aliphatic carbocycles. The largest absolute Gasteiger partial charge is 0.385 e. The number of carbonyl (C=O) groups excluding carboxylic acids is 2. The average molecular weight is 468 g/mol. The zero-order valence-corrected chi connectivity index (χ0v) is 19.2. The predicted molar refractivity (Wildman–Crippen MR) is 122 cm³/mol. The average Bonchev–Trinajstić information content (AvgIpc) is 2.72. The van der Waals surface area contributed by atoms with E-state index in [0.717, 1.165) is 10.6 Å². The highest BCUT2D eigenvalue weighted by atomic mass is 35.5. The second-order valence-corrected chi connectivity index (χ2v) is 9.14. The van der Waals surface area contributed by atoms with Crippen molar-refractivity contribution in [3.05, 3.63) is 59.1 Å². The van der Waals surface area contributed by atoms with Gasteiger partial charge in [0.15, 0.2) is 0 Å². The first-order chi connectivity index (χ1) is 14.6. The lowest BCUT2D eigenvalue weighted by atomic mass is 10.1. The highest BCUT2D eigenvalue weighted by Gasteiger charge is 2.29. The lowest BCUT2D eigenvalue weighted by molar-refractivity contribution is -0.116. The number of amides is 2. The standard InChI is InChI=1S/C21H26ClN3O5S/c1-15(25(31(3,28)29)17-11-9-16(22)10-12-17)20(26)24-19-8-5-4-7-18(19)21(27)23-13-6-14-30-2/h4-5,7-12,15H,6,13-14H2,1-3H3,(H,23,27)(H,24,26)/t15-/m1/s1. The Balaban J connectivity index is 2.21. The first kappa shape index (κ1) is 24.6. The van der Waals surface area contributed by atoms with E-state index in [0.29, 0.717) is 30.3 Å². The van der Waals surface area contributed by atoms with E-state index in [4.69, 9.17) is 16.3 Å². The number of benzene rings is 2. The fraction of sp³-hybridized carbons (Fsp3) is 0.333. The molecule has 0 aliphatic heterocycles. The van der Waals surface area contributed by atoms with Gasteiger partial charge in [-0.1, -0.05) is 23.7 Å². The predicted octanol–water partition coefficient (Wildman–Crippen LogP) is 2.90. The van der Waals surface area contributed by atoms with E-state index in [1.165, 1.54) is 19.1 Å². The van der Waals surface area contributed by atoms with Gasteiger partial charge < -0.3 is 15.4 Å². The Labute approximate surface area is 187 Å². The second-order valence-electron chi connectivity index (χ2n) is 6.85. The van der Waals surface area contributed by atoms with Crippen LogP contribution in [0.1, 0.15) is 23.7 Å². The second kappa shape index (κ2) is 11.1. The zero-order chi connectivity index (χ0) is 23.0. The highest BCUT2D eigenvalue weighted by molar-refractivity contribution is 7.92. The van der Waals surface area contributed by atoms with E-state index in [9.17, 15) is 18.0 Å². The molecule has 31 heavy (non-hydrogen) atoms. The summed E-state index contributed by atoms with van der Waals surface area (Å²) in [5.41, 5.74) is 0.865. The van der Waals surface area contributed by atoms with Crippen molar-refractivity contribution in [1.82, 2.24) is 5.32 Å². The zero-order valence-electron chi connectivity index (χ0n) is 17.6. The molecule has 0 radical (unpaired) electrons. The molecule has 2 amide bonds. The quantitative estimate of drug-likeness (QED) is 0.523. The van der Waals surface area contributed by atoms with Crippen LogP contribution in [0.5, 0.6) is 0 Å². The van der Waals surface area contributed by atoms with Crippen LogP contribution < -0.4 is 14.9 Å². The Morgan fingerprint density at radius 2 is 1.77 bits per heavy atom. The van der Waals surface area contributed by atoms with Gasteiger partial charge in [0.05, 0.1) is 23.2 Å². The maximum absolute atomic E-state index is 12.9. The molecule has 2 N–H and O–H groups in total. The van der Waals surface area contributed by atoms with E-state index in [2.05, 4.69) is 10.6 Å². The van der Waals surface area contributed by atoms with Crippen molar-refractivity contribution in [2.75, 3.05) is 36.1 Å². The van der Waals surface area contributed by atoms with Crippen molar-refractivity contribution >= 4 is 44.8 Å². The van der Waals surface area contributed by atoms with Crippen LogP contribution in [-0.4, -0.2) is 52.8 Å². The topological polar surface area (TPSA) is 105 Å². The molecule has 0 saturated carbocycles. The lowest BCUT2D eigenvalue weighted by Crippen LogP contribution is -2.45. The number of ether oxygens (including phenoxy) is 1. The molecule has 0 spiro atoms. The SMILES string of the molecule is COCCCNC(=O)c1ccccc1NC(=O)[C@@H](C)N(c1ccc(Cl)cc1)S(C)(=O)=O. The summed E-state index contributed by atoms with van der Waals surface area (Å²) in [5, 5.41) is 5.88. The fourth-order valence-corrected chi connectivity index (χ4v) is 4.24. The van der Waals surface area contributed by atoms with Gasteiger partial charge in [-0.15, -0.1) is 0 Å². The molecule has 10 heteroatoms. The molecule has 168 valence electrons. The van der Waals surface area contributed by atoms with Crippen LogP contribution >= 0.6 is 11.6 Å². The fourth-order valence-electron chi connectivity index (χ4n) is 2.94. The minimum absolute atomic E-state index is 0.276. The summed E-state index contributed by atoms with van der Waals surface area (Å²) in [5.74, 6) is -0.933. The third-order valence-electron chi connectivity index (χ3n) is 4.41. The Bertz CT molecular complexity index is 1010. The maximum Gasteiger partial charge on any atom is 0.253 e. The van der Waals surface area contributed by atoms with Gasteiger partial charge in [-0.2, -0.15) is 0 Å². The third kappa shape index (κ3) is 6.95. The van der Waals surface area contributed by atoms with Crippen LogP contribution in [0, 0.1) is 0 Å². The van der Waals surface area contributed by atoms with Gasteiger partial charge in [-0.05, 0) is 49.7 Å². The van der Waals surface area contributed by atoms with Gasteiger partial charge in [0.1, 0.15) is 6.04 Å². The number of carbonyl (C=O) groups is 2. The van der Waals surface area contributed by atoms with Gasteiger partial charge in [0.25, 0.3) is 5.91 Å². The molecule has 2 aromatic carbocycles. The summed E-state index contributed by atoms with van der Waals surface area (Å²) in [7, 11) is -2.19. The van der Waals surface area contributed by atoms with Crippen molar-refractivity contribution in [2.24, 2.45) is 0 Å².